The topological polar surface area (TPSA) is 80.8 Å². The number of allylic oxidation sites excluding steroid dienone is 2. The minimum absolute atomic E-state index is 0.0658. The molecule has 3 rings (SSSR count). The zero-order valence-electron chi connectivity index (χ0n) is 16.5. The van der Waals surface area contributed by atoms with Gasteiger partial charge >= 0.3 is 5.97 Å². The van der Waals surface area contributed by atoms with E-state index >= 15 is 0 Å². The molecule has 2 aliphatic rings. The average molecular weight is 462 g/mol. The van der Waals surface area contributed by atoms with Gasteiger partial charge in [0.1, 0.15) is 6.04 Å². The number of nitrogens with zero attached hydrogens (tertiary/aromatic N) is 1. The number of carbonyl (C=O) groups excluding carboxylic acids is 4. The molecular weight excluding hydrogens is 438 g/mol. The van der Waals surface area contributed by atoms with E-state index < -0.39 is 30.5 Å². The minimum atomic E-state index is -1.00. The zero-order chi connectivity index (χ0) is 21.1. The van der Waals surface area contributed by atoms with Gasteiger partial charge in [-0.25, -0.2) is 4.79 Å². The molecule has 6 nitrogen and oxygen atoms in total. The average Bonchev–Trinajstić information content (AvgIpc) is 2.95. The molecule has 7 heteroatoms. The Morgan fingerprint density at radius 1 is 1.07 bits per heavy atom. The molecule has 0 aromatic heterocycles. The van der Waals surface area contributed by atoms with Crippen molar-refractivity contribution in [2.75, 3.05) is 6.61 Å². The third kappa shape index (κ3) is 4.66. The number of fused-ring (bicyclic) bond motifs is 1. The summed E-state index contributed by atoms with van der Waals surface area (Å²) in [5, 5.41) is 0. The van der Waals surface area contributed by atoms with E-state index in [4.69, 9.17) is 4.74 Å². The Morgan fingerprint density at radius 2 is 1.62 bits per heavy atom. The molecule has 1 heterocycles. The lowest BCUT2D eigenvalue weighted by Gasteiger charge is -2.26. The summed E-state index contributed by atoms with van der Waals surface area (Å²) in [5.74, 6) is -2.42. The van der Waals surface area contributed by atoms with Gasteiger partial charge in [-0.15, -0.1) is 0 Å². The quantitative estimate of drug-likeness (QED) is 0.268. The predicted molar refractivity (Wildman–Crippen MR) is 110 cm³/mol. The van der Waals surface area contributed by atoms with Crippen molar-refractivity contribution in [1.29, 1.82) is 0 Å². The number of carbonyl (C=O) groups is 4. The van der Waals surface area contributed by atoms with Crippen molar-refractivity contribution in [3.8, 4) is 0 Å². The second-order valence-corrected chi connectivity index (χ2v) is 8.80. The van der Waals surface area contributed by atoms with Gasteiger partial charge in [-0.1, -0.05) is 54.1 Å². The van der Waals surface area contributed by atoms with Crippen LogP contribution in [0.2, 0.25) is 0 Å². The largest absolute Gasteiger partial charge is 0.456 e. The highest BCUT2D eigenvalue weighted by atomic mass is 79.9. The molecule has 3 unspecified atom stereocenters. The number of hydrogen-bond acceptors (Lipinski definition) is 5. The molecule has 0 spiro atoms. The van der Waals surface area contributed by atoms with Crippen LogP contribution in [0.3, 0.4) is 0 Å². The van der Waals surface area contributed by atoms with Crippen molar-refractivity contribution in [2.24, 2.45) is 17.8 Å². The first-order valence-corrected chi connectivity index (χ1v) is 10.6. The highest BCUT2D eigenvalue weighted by molar-refractivity contribution is 9.10. The van der Waals surface area contributed by atoms with Gasteiger partial charge < -0.3 is 4.74 Å². The van der Waals surface area contributed by atoms with Crippen LogP contribution in [-0.2, 0) is 19.1 Å². The summed E-state index contributed by atoms with van der Waals surface area (Å²) < 4.78 is 6.09. The predicted octanol–water partition coefficient (Wildman–Crippen LogP) is 3.54. The van der Waals surface area contributed by atoms with Crippen molar-refractivity contribution >= 4 is 39.5 Å². The summed E-state index contributed by atoms with van der Waals surface area (Å²) in [6.07, 6.45) is 5.13. The molecule has 1 aliphatic heterocycles. The lowest BCUT2D eigenvalue weighted by atomic mass is 9.85. The van der Waals surface area contributed by atoms with Crippen LogP contribution in [0.1, 0.15) is 43.5 Å². The van der Waals surface area contributed by atoms with E-state index in [1.165, 1.54) is 0 Å². The Kier molecular flexibility index (Phi) is 6.67. The Balaban J connectivity index is 1.72. The normalized spacial score (nSPS) is 22.0. The smallest absolute Gasteiger partial charge is 0.329 e. The SMILES string of the molecule is CC(C)CC(C(=O)OCC(=O)c1ccc(Br)cc1)N1C(=O)C2CC=CCC2C1=O. The molecule has 3 atom stereocenters. The molecule has 0 saturated carbocycles. The zero-order valence-corrected chi connectivity index (χ0v) is 18.1. The van der Waals surface area contributed by atoms with E-state index in [9.17, 15) is 19.2 Å². The number of amides is 2. The summed E-state index contributed by atoms with van der Waals surface area (Å²) in [5.41, 5.74) is 0.423. The van der Waals surface area contributed by atoms with Crippen molar-refractivity contribution < 1.29 is 23.9 Å². The van der Waals surface area contributed by atoms with Gasteiger partial charge in [-0.05, 0) is 37.3 Å². The molecule has 1 aromatic carbocycles. The molecule has 0 bridgehead atoms. The Labute approximate surface area is 178 Å². The lowest BCUT2D eigenvalue weighted by Crippen LogP contribution is -2.47. The molecule has 1 aromatic rings. The van der Waals surface area contributed by atoms with Crippen molar-refractivity contribution in [3.05, 3.63) is 46.5 Å². The van der Waals surface area contributed by atoms with E-state index in [0.717, 1.165) is 9.37 Å². The van der Waals surface area contributed by atoms with E-state index in [1.807, 2.05) is 26.0 Å². The van der Waals surface area contributed by atoms with Gasteiger partial charge in [0.15, 0.2) is 12.4 Å². The van der Waals surface area contributed by atoms with Crippen LogP contribution in [-0.4, -0.2) is 41.1 Å². The fourth-order valence-electron chi connectivity index (χ4n) is 3.84. The molecule has 154 valence electrons. The van der Waals surface area contributed by atoms with Gasteiger partial charge in [-0.2, -0.15) is 0 Å². The molecule has 1 aliphatic carbocycles. The van der Waals surface area contributed by atoms with Gasteiger partial charge in [0.05, 0.1) is 11.8 Å². The summed E-state index contributed by atoms with van der Waals surface area (Å²) in [6.45, 7) is 3.39. The summed E-state index contributed by atoms with van der Waals surface area (Å²) >= 11 is 3.30. The van der Waals surface area contributed by atoms with Crippen LogP contribution < -0.4 is 0 Å². The maximum absolute atomic E-state index is 12.9. The van der Waals surface area contributed by atoms with E-state index in [-0.39, 0.29) is 23.5 Å². The fraction of sp³-hybridized carbons (Fsp3) is 0.455. The number of halogens is 1. The van der Waals surface area contributed by atoms with Crippen LogP contribution in [0.5, 0.6) is 0 Å². The van der Waals surface area contributed by atoms with Gasteiger partial charge in [0.25, 0.3) is 0 Å². The highest BCUT2D eigenvalue weighted by Gasteiger charge is 2.51. The monoisotopic (exact) mass is 461 g/mol. The molecule has 1 fully saturated rings. The van der Waals surface area contributed by atoms with Crippen molar-refractivity contribution in [3.63, 3.8) is 0 Å². The fourth-order valence-corrected chi connectivity index (χ4v) is 4.10. The molecule has 1 saturated heterocycles. The number of Topliss-reactive ketones (excluding diaryl/α,β-unsaturated/α-hetero) is 1. The second-order valence-electron chi connectivity index (χ2n) is 7.89. The summed E-state index contributed by atoms with van der Waals surface area (Å²) in [7, 11) is 0. The van der Waals surface area contributed by atoms with Gasteiger partial charge in [0, 0.05) is 10.0 Å². The molecule has 0 radical (unpaired) electrons. The third-order valence-corrected chi connectivity index (χ3v) is 5.86. The number of imide groups is 1. The Morgan fingerprint density at radius 3 is 2.14 bits per heavy atom. The van der Waals surface area contributed by atoms with Crippen molar-refractivity contribution in [2.45, 2.75) is 39.2 Å². The Bertz CT molecular complexity index is 819. The third-order valence-electron chi connectivity index (χ3n) is 5.33. The van der Waals surface area contributed by atoms with Crippen molar-refractivity contribution in [1.82, 2.24) is 4.90 Å². The number of ether oxygens (including phenoxy) is 1. The lowest BCUT2D eigenvalue weighted by molar-refractivity contribution is -0.158. The minimum Gasteiger partial charge on any atom is -0.456 e. The van der Waals surface area contributed by atoms with Crippen LogP contribution in [0.15, 0.2) is 40.9 Å². The van der Waals surface area contributed by atoms with E-state index in [1.54, 1.807) is 24.3 Å². The van der Waals surface area contributed by atoms with E-state index in [0.29, 0.717) is 24.8 Å². The van der Waals surface area contributed by atoms with Crippen LogP contribution in [0.4, 0.5) is 0 Å². The second kappa shape index (κ2) is 9.03. The van der Waals surface area contributed by atoms with Crippen LogP contribution in [0, 0.1) is 17.8 Å². The summed E-state index contributed by atoms with van der Waals surface area (Å²) in [6, 6.07) is 5.73. The number of hydrogen-bond donors (Lipinski definition) is 0. The Hall–Kier alpha value is -2.28. The number of rotatable bonds is 7. The van der Waals surface area contributed by atoms with Gasteiger partial charge in [0.2, 0.25) is 11.8 Å². The number of likely N-dealkylation sites (tertiary alicyclic amines) is 1. The maximum Gasteiger partial charge on any atom is 0.329 e. The van der Waals surface area contributed by atoms with E-state index in [2.05, 4.69) is 15.9 Å². The van der Waals surface area contributed by atoms with Crippen LogP contribution in [0.25, 0.3) is 0 Å². The maximum atomic E-state index is 12.9. The highest BCUT2D eigenvalue weighted by Crippen LogP contribution is 2.37. The number of ketones is 1. The standard InChI is InChI=1S/C22H24BrNO5/c1-13(2)11-18(24-20(26)16-5-3-4-6-17(16)21(24)27)22(28)29-12-19(25)14-7-9-15(23)10-8-14/h3-4,7-10,13,16-18H,5-6,11-12H2,1-2H3. The first kappa shape index (κ1) is 21.4. The molecule has 29 heavy (non-hydrogen) atoms. The first-order valence-electron chi connectivity index (χ1n) is 9.77. The first-order chi connectivity index (χ1) is 13.8. The van der Waals surface area contributed by atoms with Gasteiger partial charge in [-0.3, -0.25) is 19.3 Å². The molecular formula is C22H24BrNO5. The molecule has 0 N–H and O–H groups in total. The van der Waals surface area contributed by atoms with Crippen LogP contribution >= 0.6 is 15.9 Å². The number of benzene rings is 1. The summed E-state index contributed by atoms with van der Waals surface area (Å²) in [4.78, 5) is 51.9. The number of esters is 1. The molecule has 2 amide bonds.